The topological polar surface area (TPSA) is 34.1 Å². The summed E-state index contributed by atoms with van der Waals surface area (Å²) in [6.45, 7) is 6.25. The normalized spacial score (nSPS) is 14.5. The van der Waals surface area contributed by atoms with Crippen LogP contribution < -0.4 is 5.32 Å². The average molecular weight is 236 g/mol. The average Bonchev–Trinajstić information content (AvgIpc) is 2.39. The minimum atomic E-state index is 0.415. The molecule has 96 valence electrons. The Morgan fingerprint density at radius 3 is 2.82 bits per heavy atom. The highest BCUT2D eigenvalue weighted by Gasteiger charge is 2.18. The molecule has 1 N–H and O–H groups in total. The van der Waals surface area contributed by atoms with Crippen LogP contribution in [0.25, 0.3) is 0 Å². The second-order valence-electron chi connectivity index (χ2n) is 4.39. The van der Waals surface area contributed by atoms with Gasteiger partial charge >= 0.3 is 0 Å². The highest BCUT2D eigenvalue weighted by atomic mass is 16.5. The molecule has 0 saturated heterocycles. The van der Waals surface area contributed by atoms with Crippen molar-refractivity contribution in [3.63, 3.8) is 0 Å². The molecule has 0 aliphatic carbocycles. The van der Waals surface area contributed by atoms with Crippen molar-refractivity contribution in [3.8, 4) is 0 Å². The van der Waals surface area contributed by atoms with E-state index in [0.29, 0.717) is 12.0 Å². The highest BCUT2D eigenvalue weighted by Crippen LogP contribution is 2.19. The van der Waals surface area contributed by atoms with Gasteiger partial charge in [-0.05, 0) is 31.5 Å². The number of rotatable bonds is 8. The molecule has 0 aromatic carbocycles. The third-order valence-electron chi connectivity index (χ3n) is 3.05. The summed E-state index contributed by atoms with van der Waals surface area (Å²) in [5.74, 6) is 0.415. The Balaban J connectivity index is 2.61. The van der Waals surface area contributed by atoms with E-state index in [4.69, 9.17) is 4.74 Å². The van der Waals surface area contributed by atoms with Crippen LogP contribution in [-0.2, 0) is 4.74 Å². The number of hydrogen-bond acceptors (Lipinski definition) is 3. The number of aromatic nitrogens is 1. The first-order valence-electron chi connectivity index (χ1n) is 6.42. The Morgan fingerprint density at radius 1 is 1.41 bits per heavy atom. The van der Waals surface area contributed by atoms with Gasteiger partial charge in [-0.3, -0.25) is 4.98 Å². The van der Waals surface area contributed by atoms with Gasteiger partial charge in [0, 0.05) is 37.6 Å². The first kappa shape index (κ1) is 14.1. The lowest BCUT2D eigenvalue weighted by Gasteiger charge is -2.24. The molecule has 1 heterocycles. The zero-order valence-electron chi connectivity index (χ0n) is 11.1. The largest absolute Gasteiger partial charge is 0.385 e. The van der Waals surface area contributed by atoms with Gasteiger partial charge in [-0.2, -0.15) is 0 Å². The quantitative estimate of drug-likeness (QED) is 0.753. The van der Waals surface area contributed by atoms with Crippen LogP contribution in [0.2, 0.25) is 0 Å². The fourth-order valence-electron chi connectivity index (χ4n) is 1.95. The van der Waals surface area contributed by atoms with E-state index in [1.807, 2.05) is 18.3 Å². The molecule has 3 nitrogen and oxygen atoms in total. The van der Waals surface area contributed by atoms with Crippen molar-refractivity contribution < 1.29 is 4.74 Å². The molecule has 17 heavy (non-hydrogen) atoms. The van der Waals surface area contributed by atoms with E-state index in [9.17, 15) is 0 Å². The SMILES string of the molecule is CCCNC(CCOC)C(C)c1ccccn1. The van der Waals surface area contributed by atoms with Gasteiger partial charge in [0.15, 0.2) is 0 Å². The molecular weight excluding hydrogens is 212 g/mol. The molecule has 0 aliphatic rings. The smallest absolute Gasteiger partial charge is 0.0477 e. The zero-order valence-corrected chi connectivity index (χ0v) is 11.1. The first-order valence-corrected chi connectivity index (χ1v) is 6.42. The van der Waals surface area contributed by atoms with E-state index < -0.39 is 0 Å². The van der Waals surface area contributed by atoms with Crippen molar-refractivity contribution in [1.82, 2.24) is 10.3 Å². The standard InChI is InChI=1S/C14H24N2O/c1-4-9-15-14(8-11-17-3)12(2)13-7-5-6-10-16-13/h5-7,10,12,14-15H,4,8-9,11H2,1-3H3. The third-order valence-corrected chi connectivity index (χ3v) is 3.05. The van der Waals surface area contributed by atoms with Crippen LogP contribution in [0.5, 0.6) is 0 Å². The van der Waals surface area contributed by atoms with Crippen molar-refractivity contribution in [2.24, 2.45) is 0 Å². The van der Waals surface area contributed by atoms with Crippen LogP contribution in [0.4, 0.5) is 0 Å². The predicted molar refractivity (Wildman–Crippen MR) is 71.2 cm³/mol. The van der Waals surface area contributed by atoms with Gasteiger partial charge < -0.3 is 10.1 Å². The van der Waals surface area contributed by atoms with Gasteiger partial charge in [-0.1, -0.05) is 19.9 Å². The van der Waals surface area contributed by atoms with Crippen LogP contribution in [0.15, 0.2) is 24.4 Å². The summed E-state index contributed by atoms with van der Waals surface area (Å²) in [4.78, 5) is 4.43. The molecule has 0 fully saturated rings. The number of nitrogens with one attached hydrogen (secondary N) is 1. The summed E-state index contributed by atoms with van der Waals surface area (Å²) >= 11 is 0. The summed E-state index contributed by atoms with van der Waals surface area (Å²) < 4.78 is 5.18. The Hall–Kier alpha value is -0.930. The summed E-state index contributed by atoms with van der Waals surface area (Å²) in [5, 5.41) is 3.58. The van der Waals surface area contributed by atoms with Gasteiger partial charge in [-0.25, -0.2) is 0 Å². The van der Waals surface area contributed by atoms with E-state index in [1.165, 1.54) is 0 Å². The van der Waals surface area contributed by atoms with Gasteiger partial charge in [0.05, 0.1) is 0 Å². The van der Waals surface area contributed by atoms with Crippen LogP contribution in [-0.4, -0.2) is 31.3 Å². The lowest BCUT2D eigenvalue weighted by atomic mass is 9.95. The van der Waals surface area contributed by atoms with Crippen molar-refractivity contribution in [2.45, 2.75) is 38.6 Å². The van der Waals surface area contributed by atoms with Gasteiger partial charge in [0.25, 0.3) is 0 Å². The number of pyridine rings is 1. The van der Waals surface area contributed by atoms with E-state index in [2.05, 4.69) is 30.2 Å². The maximum atomic E-state index is 5.18. The molecule has 2 atom stereocenters. The summed E-state index contributed by atoms with van der Waals surface area (Å²) in [5.41, 5.74) is 1.15. The van der Waals surface area contributed by atoms with Crippen molar-refractivity contribution in [3.05, 3.63) is 30.1 Å². The van der Waals surface area contributed by atoms with Crippen LogP contribution in [0.3, 0.4) is 0 Å². The van der Waals surface area contributed by atoms with Crippen molar-refractivity contribution in [1.29, 1.82) is 0 Å². The maximum absolute atomic E-state index is 5.18. The lowest BCUT2D eigenvalue weighted by molar-refractivity contribution is 0.178. The molecule has 1 aromatic rings. The summed E-state index contributed by atoms with van der Waals surface area (Å²) in [6.07, 6.45) is 4.03. The fourth-order valence-corrected chi connectivity index (χ4v) is 1.95. The second-order valence-corrected chi connectivity index (χ2v) is 4.39. The van der Waals surface area contributed by atoms with Gasteiger partial charge in [0.2, 0.25) is 0 Å². The Kier molecular flexibility index (Phi) is 6.82. The Bertz CT molecular complexity index is 282. The molecule has 0 saturated carbocycles. The molecule has 2 unspecified atom stereocenters. The first-order chi connectivity index (χ1) is 8.29. The van der Waals surface area contributed by atoms with E-state index >= 15 is 0 Å². The van der Waals surface area contributed by atoms with Crippen LogP contribution in [0.1, 0.15) is 38.3 Å². The fraction of sp³-hybridized carbons (Fsp3) is 0.643. The molecule has 0 bridgehead atoms. The van der Waals surface area contributed by atoms with Crippen LogP contribution in [0, 0.1) is 0 Å². The van der Waals surface area contributed by atoms with Gasteiger partial charge in [0.1, 0.15) is 0 Å². The second kappa shape index (κ2) is 8.20. The molecule has 1 rings (SSSR count). The van der Waals surface area contributed by atoms with E-state index in [-0.39, 0.29) is 0 Å². The molecular formula is C14H24N2O. The minimum absolute atomic E-state index is 0.415. The van der Waals surface area contributed by atoms with Gasteiger partial charge in [-0.15, -0.1) is 0 Å². The molecule has 0 amide bonds. The monoisotopic (exact) mass is 236 g/mol. The summed E-state index contributed by atoms with van der Waals surface area (Å²) in [7, 11) is 1.75. The molecule has 0 spiro atoms. The number of hydrogen-bond donors (Lipinski definition) is 1. The molecule has 0 radical (unpaired) electrons. The number of methoxy groups -OCH3 is 1. The third kappa shape index (κ3) is 4.84. The maximum Gasteiger partial charge on any atom is 0.0477 e. The van der Waals surface area contributed by atoms with E-state index in [1.54, 1.807) is 7.11 Å². The number of ether oxygens (including phenoxy) is 1. The van der Waals surface area contributed by atoms with E-state index in [0.717, 1.165) is 31.7 Å². The highest BCUT2D eigenvalue weighted by molar-refractivity contribution is 5.11. The Labute approximate surface area is 105 Å². The summed E-state index contributed by atoms with van der Waals surface area (Å²) in [6, 6.07) is 6.54. The Morgan fingerprint density at radius 2 is 2.24 bits per heavy atom. The van der Waals surface area contributed by atoms with Crippen molar-refractivity contribution >= 4 is 0 Å². The molecule has 0 aliphatic heterocycles. The minimum Gasteiger partial charge on any atom is -0.385 e. The number of nitrogens with zero attached hydrogens (tertiary/aromatic N) is 1. The lowest BCUT2D eigenvalue weighted by Crippen LogP contribution is -2.35. The molecule has 3 heteroatoms. The van der Waals surface area contributed by atoms with Crippen LogP contribution >= 0.6 is 0 Å². The zero-order chi connectivity index (χ0) is 12.5. The predicted octanol–water partition coefficient (Wildman–Crippen LogP) is 2.59. The van der Waals surface area contributed by atoms with Crippen molar-refractivity contribution in [2.75, 3.05) is 20.3 Å². The molecule has 1 aromatic heterocycles.